The van der Waals surface area contributed by atoms with Crippen LogP contribution in [0.4, 0.5) is 5.69 Å². The van der Waals surface area contributed by atoms with Crippen LogP contribution in [0.2, 0.25) is 0 Å². The molecule has 0 saturated heterocycles. The molecule has 0 heterocycles. The average Bonchev–Trinajstić information content (AvgIpc) is 2.35. The minimum Gasteiger partial charge on any atom is -0.463 e. The Kier molecular flexibility index (Phi) is 5.39. The standard InChI is InChI=1S/C14H15NO2/c1-3-12-7-5-8-13(11-12)15-10-6-9-14(16)17-4-2/h1,5-9,11,15H,4,10H2,2H3/b9-6+. The van der Waals surface area contributed by atoms with Crippen LogP contribution in [-0.4, -0.2) is 19.1 Å². The third-order valence-corrected chi connectivity index (χ3v) is 1.99. The maximum atomic E-state index is 11.0. The maximum Gasteiger partial charge on any atom is 0.330 e. The molecule has 0 aliphatic rings. The van der Waals surface area contributed by atoms with Gasteiger partial charge in [0.25, 0.3) is 0 Å². The molecule has 0 bridgehead atoms. The van der Waals surface area contributed by atoms with Crippen LogP contribution in [0.1, 0.15) is 12.5 Å². The molecule has 0 aromatic heterocycles. The number of carbonyl (C=O) groups excluding carboxylic acids is 1. The van der Waals surface area contributed by atoms with Crippen molar-refractivity contribution in [3.05, 3.63) is 42.0 Å². The van der Waals surface area contributed by atoms with Crippen LogP contribution in [0.25, 0.3) is 0 Å². The summed E-state index contributed by atoms with van der Waals surface area (Å²) >= 11 is 0. The Morgan fingerprint density at radius 3 is 3.12 bits per heavy atom. The van der Waals surface area contributed by atoms with Crippen LogP contribution in [0, 0.1) is 12.3 Å². The molecule has 1 aromatic carbocycles. The summed E-state index contributed by atoms with van der Waals surface area (Å²) in [5, 5.41) is 3.13. The Hall–Kier alpha value is -2.21. The van der Waals surface area contributed by atoms with Crippen LogP contribution in [0.15, 0.2) is 36.4 Å². The minimum atomic E-state index is -0.327. The zero-order chi connectivity index (χ0) is 12.5. The van der Waals surface area contributed by atoms with Crippen molar-refractivity contribution in [3.63, 3.8) is 0 Å². The second kappa shape index (κ2) is 7.13. The van der Waals surface area contributed by atoms with Gasteiger partial charge in [0, 0.05) is 23.9 Å². The van der Waals surface area contributed by atoms with E-state index in [1.165, 1.54) is 6.08 Å². The summed E-state index contributed by atoms with van der Waals surface area (Å²) in [7, 11) is 0. The number of nitrogens with one attached hydrogen (secondary N) is 1. The molecule has 0 amide bonds. The molecule has 3 nitrogen and oxygen atoms in total. The summed E-state index contributed by atoms with van der Waals surface area (Å²) in [6.07, 6.45) is 8.41. The first kappa shape index (κ1) is 12.9. The van der Waals surface area contributed by atoms with Gasteiger partial charge in [-0.25, -0.2) is 4.79 Å². The lowest BCUT2D eigenvalue weighted by atomic mass is 10.2. The molecular formula is C14H15NO2. The number of hydrogen-bond donors (Lipinski definition) is 1. The highest BCUT2D eigenvalue weighted by Gasteiger charge is 1.93. The van der Waals surface area contributed by atoms with Gasteiger partial charge >= 0.3 is 5.97 Å². The smallest absolute Gasteiger partial charge is 0.330 e. The largest absolute Gasteiger partial charge is 0.463 e. The van der Waals surface area contributed by atoms with E-state index in [9.17, 15) is 4.79 Å². The number of hydrogen-bond acceptors (Lipinski definition) is 3. The summed E-state index contributed by atoms with van der Waals surface area (Å²) < 4.78 is 4.75. The molecule has 17 heavy (non-hydrogen) atoms. The van der Waals surface area contributed by atoms with Crippen molar-refractivity contribution in [1.82, 2.24) is 0 Å². The average molecular weight is 229 g/mol. The summed E-state index contributed by atoms with van der Waals surface area (Å²) in [6.45, 7) is 2.71. The predicted molar refractivity (Wildman–Crippen MR) is 68.6 cm³/mol. The van der Waals surface area contributed by atoms with E-state index >= 15 is 0 Å². The van der Waals surface area contributed by atoms with Crippen molar-refractivity contribution in [3.8, 4) is 12.3 Å². The van der Waals surface area contributed by atoms with Gasteiger partial charge in [-0.2, -0.15) is 0 Å². The summed E-state index contributed by atoms with van der Waals surface area (Å²) in [6, 6.07) is 7.53. The molecule has 88 valence electrons. The third-order valence-electron chi connectivity index (χ3n) is 1.99. The normalized spacial score (nSPS) is 9.88. The van der Waals surface area contributed by atoms with Crippen molar-refractivity contribution >= 4 is 11.7 Å². The fourth-order valence-corrected chi connectivity index (χ4v) is 1.24. The van der Waals surface area contributed by atoms with Crippen LogP contribution in [0.3, 0.4) is 0 Å². The lowest BCUT2D eigenvalue weighted by Gasteiger charge is -2.03. The van der Waals surface area contributed by atoms with Gasteiger partial charge in [0.2, 0.25) is 0 Å². The lowest BCUT2D eigenvalue weighted by Crippen LogP contribution is -2.02. The number of terminal acetylenes is 1. The Bertz CT molecular complexity index is 444. The van der Waals surface area contributed by atoms with Gasteiger partial charge in [-0.3, -0.25) is 0 Å². The maximum absolute atomic E-state index is 11.0. The van der Waals surface area contributed by atoms with Gasteiger partial charge in [0.05, 0.1) is 6.61 Å². The highest BCUT2D eigenvalue weighted by molar-refractivity contribution is 5.81. The van der Waals surface area contributed by atoms with Crippen LogP contribution < -0.4 is 5.32 Å². The number of carbonyl (C=O) groups is 1. The Morgan fingerprint density at radius 2 is 2.41 bits per heavy atom. The molecule has 0 saturated carbocycles. The van der Waals surface area contributed by atoms with Crippen LogP contribution in [0.5, 0.6) is 0 Å². The minimum absolute atomic E-state index is 0.327. The van der Waals surface area contributed by atoms with Gasteiger partial charge < -0.3 is 10.1 Å². The van der Waals surface area contributed by atoms with E-state index in [0.29, 0.717) is 13.2 Å². The van der Waals surface area contributed by atoms with Gasteiger partial charge in [-0.15, -0.1) is 6.42 Å². The Balaban J connectivity index is 2.41. The molecule has 0 fully saturated rings. The Labute approximate surface area is 101 Å². The topological polar surface area (TPSA) is 38.3 Å². The highest BCUT2D eigenvalue weighted by atomic mass is 16.5. The molecule has 1 rings (SSSR count). The fourth-order valence-electron chi connectivity index (χ4n) is 1.24. The molecule has 3 heteroatoms. The van der Waals surface area contributed by atoms with E-state index in [1.807, 2.05) is 24.3 Å². The first-order valence-electron chi connectivity index (χ1n) is 5.40. The number of esters is 1. The zero-order valence-corrected chi connectivity index (χ0v) is 9.77. The summed E-state index contributed by atoms with van der Waals surface area (Å²) in [4.78, 5) is 11.0. The van der Waals surface area contributed by atoms with Gasteiger partial charge in [0.15, 0.2) is 0 Å². The fraction of sp³-hybridized carbons (Fsp3) is 0.214. The van der Waals surface area contributed by atoms with Crippen LogP contribution >= 0.6 is 0 Å². The van der Waals surface area contributed by atoms with Crippen LogP contribution in [-0.2, 0) is 9.53 Å². The van der Waals surface area contributed by atoms with E-state index in [2.05, 4.69) is 11.2 Å². The lowest BCUT2D eigenvalue weighted by molar-refractivity contribution is -0.137. The zero-order valence-electron chi connectivity index (χ0n) is 9.77. The van der Waals surface area contributed by atoms with E-state index in [-0.39, 0.29) is 5.97 Å². The van der Waals surface area contributed by atoms with Crippen molar-refractivity contribution in [2.45, 2.75) is 6.92 Å². The first-order chi connectivity index (χ1) is 8.26. The van der Waals surface area contributed by atoms with E-state index in [0.717, 1.165) is 11.3 Å². The molecule has 0 unspecified atom stereocenters. The SMILES string of the molecule is C#Cc1cccc(NC/C=C/C(=O)OCC)c1. The second-order valence-corrected chi connectivity index (χ2v) is 3.26. The summed E-state index contributed by atoms with van der Waals surface area (Å²) in [5.74, 6) is 2.23. The van der Waals surface area contributed by atoms with E-state index in [4.69, 9.17) is 11.2 Å². The monoisotopic (exact) mass is 229 g/mol. The number of rotatable bonds is 5. The van der Waals surface area contributed by atoms with E-state index < -0.39 is 0 Å². The number of ether oxygens (including phenoxy) is 1. The highest BCUT2D eigenvalue weighted by Crippen LogP contribution is 2.08. The second-order valence-electron chi connectivity index (χ2n) is 3.26. The quantitative estimate of drug-likeness (QED) is 0.478. The van der Waals surface area contributed by atoms with Crippen molar-refractivity contribution in [2.24, 2.45) is 0 Å². The van der Waals surface area contributed by atoms with Crippen molar-refractivity contribution < 1.29 is 9.53 Å². The molecule has 1 aromatic rings. The van der Waals surface area contributed by atoms with Crippen molar-refractivity contribution in [2.75, 3.05) is 18.5 Å². The molecule has 0 aliphatic carbocycles. The molecule has 0 radical (unpaired) electrons. The third kappa shape index (κ3) is 4.89. The van der Waals surface area contributed by atoms with Gasteiger partial charge in [0.1, 0.15) is 0 Å². The molecule has 0 atom stereocenters. The first-order valence-corrected chi connectivity index (χ1v) is 5.40. The number of benzene rings is 1. The molecule has 0 aliphatic heterocycles. The summed E-state index contributed by atoms with van der Waals surface area (Å²) in [5.41, 5.74) is 1.75. The number of anilines is 1. The predicted octanol–water partition coefficient (Wildman–Crippen LogP) is 2.20. The molecule has 0 spiro atoms. The van der Waals surface area contributed by atoms with E-state index in [1.54, 1.807) is 13.0 Å². The molecular weight excluding hydrogens is 214 g/mol. The Morgan fingerprint density at radius 1 is 1.59 bits per heavy atom. The van der Waals surface area contributed by atoms with Crippen molar-refractivity contribution in [1.29, 1.82) is 0 Å². The van der Waals surface area contributed by atoms with Gasteiger partial charge in [-0.1, -0.05) is 18.1 Å². The molecule has 1 N–H and O–H groups in total. The van der Waals surface area contributed by atoms with Gasteiger partial charge in [-0.05, 0) is 25.1 Å².